The molecule has 7 nitrogen and oxygen atoms in total. The van der Waals surface area contributed by atoms with Gasteiger partial charge in [0.05, 0.1) is 17.7 Å². The first-order chi connectivity index (χ1) is 15.8. The fourth-order valence-corrected chi connectivity index (χ4v) is 2.96. The minimum Gasteiger partial charge on any atom is -0.438 e. The Labute approximate surface area is 186 Å². The van der Waals surface area contributed by atoms with Gasteiger partial charge in [-0.15, -0.1) is 10.2 Å². The number of hydrogen-bond donors (Lipinski definition) is 1. The van der Waals surface area contributed by atoms with Crippen LogP contribution in [0.1, 0.15) is 16.8 Å². The standard InChI is InChI=1S/C23H18F3N5O2/c1-15-12-13-31(30-15)20-10-11-22(29-28-20)33-19-8-6-18(7-9-19)27-21(32)14-16-2-4-17(5-3-16)23(24,25)26/h2-13H,14H2,1H3,(H,27,32). The SMILES string of the molecule is Cc1ccn(-c2ccc(Oc3ccc(NC(=O)Cc4ccc(C(F)(F)F)cc4)cc3)nn2)n1. The third-order valence-corrected chi connectivity index (χ3v) is 4.59. The smallest absolute Gasteiger partial charge is 0.416 e. The molecule has 1 N–H and O–H groups in total. The molecule has 168 valence electrons. The van der Waals surface area contributed by atoms with Crippen LogP contribution in [0, 0.1) is 6.92 Å². The van der Waals surface area contributed by atoms with Gasteiger partial charge >= 0.3 is 6.18 Å². The molecular formula is C23H18F3N5O2. The Morgan fingerprint density at radius 3 is 2.27 bits per heavy atom. The van der Waals surface area contributed by atoms with Crippen molar-refractivity contribution in [2.45, 2.75) is 19.5 Å². The molecule has 4 rings (SSSR count). The first-order valence-electron chi connectivity index (χ1n) is 9.86. The normalized spacial score (nSPS) is 11.3. The van der Waals surface area contributed by atoms with Gasteiger partial charge in [-0.3, -0.25) is 4.79 Å². The molecule has 2 aromatic carbocycles. The van der Waals surface area contributed by atoms with Crippen LogP contribution in [0.15, 0.2) is 72.9 Å². The predicted octanol–water partition coefficient (Wildman–Crippen LogP) is 4.96. The third-order valence-electron chi connectivity index (χ3n) is 4.59. The summed E-state index contributed by atoms with van der Waals surface area (Å²) in [6.07, 6.45) is -2.67. The van der Waals surface area contributed by atoms with Crippen molar-refractivity contribution >= 4 is 11.6 Å². The fraction of sp³-hybridized carbons (Fsp3) is 0.130. The third kappa shape index (κ3) is 5.73. The number of anilines is 1. The van der Waals surface area contributed by atoms with Crippen LogP contribution in [-0.4, -0.2) is 25.9 Å². The Balaban J connectivity index is 1.32. The van der Waals surface area contributed by atoms with Crippen LogP contribution in [0.5, 0.6) is 11.6 Å². The van der Waals surface area contributed by atoms with Gasteiger partial charge in [0.1, 0.15) is 5.75 Å². The van der Waals surface area contributed by atoms with E-state index in [1.165, 1.54) is 12.1 Å². The lowest BCUT2D eigenvalue weighted by Crippen LogP contribution is -2.14. The summed E-state index contributed by atoms with van der Waals surface area (Å²) < 4.78 is 45.2. The summed E-state index contributed by atoms with van der Waals surface area (Å²) in [6, 6.07) is 16.3. The number of carbonyl (C=O) groups is 1. The van der Waals surface area contributed by atoms with Gasteiger partial charge in [0.25, 0.3) is 0 Å². The lowest BCUT2D eigenvalue weighted by Gasteiger charge is -2.09. The molecule has 0 aliphatic heterocycles. The second kappa shape index (κ2) is 9.11. The first-order valence-corrected chi connectivity index (χ1v) is 9.86. The molecule has 0 fully saturated rings. The molecule has 0 saturated heterocycles. The number of hydrogen-bond acceptors (Lipinski definition) is 5. The summed E-state index contributed by atoms with van der Waals surface area (Å²) in [5.41, 5.74) is 1.12. The van der Waals surface area contributed by atoms with Crippen molar-refractivity contribution in [1.82, 2.24) is 20.0 Å². The molecule has 0 unspecified atom stereocenters. The quantitative estimate of drug-likeness (QED) is 0.446. The number of ether oxygens (including phenoxy) is 1. The number of nitrogens with zero attached hydrogens (tertiary/aromatic N) is 4. The van der Waals surface area contributed by atoms with E-state index in [0.717, 1.165) is 17.8 Å². The molecule has 4 aromatic rings. The van der Waals surface area contributed by atoms with Gasteiger partial charge in [0.15, 0.2) is 5.82 Å². The molecule has 0 saturated carbocycles. The minimum absolute atomic E-state index is 0.0475. The molecule has 0 aliphatic carbocycles. The number of nitrogens with one attached hydrogen (secondary N) is 1. The average Bonchev–Trinajstić information content (AvgIpc) is 3.22. The Morgan fingerprint density at radius 1 is 0.970 bits per heavy atom. The maximum atomic E-state index is 12.6. The summed E-state index contributed by atoms with van der Waals surface area (Å²) in [4.78, 5) is 12.2. The minimum atomic E-state index is -4.41. The Morgan fingerprint density at radius 2 is 1.70 bits per heavy atom. The lowest BCUT2D eigenvalue weighted by molar-refractivity contribution is -0.137. The van der Waals surface area contributed by atoms with Crippen LogP contribution in [0.25, 0.3) is 5.82 Å². The van der Waals surface area contributed by atoms with Crippen molar-refractivity contribution in [3.05, 3.63) is 89.7 Å². The van der Waals surface area contributed by atoms with E-state index in [4.69, 9.17) is 4.74 Å². The lowest BCUT2D eigenvalue weighted by atomic mass is 10.1. The molecule has 0 bridgehead atoms. The van der Waals surface area contributed by atoms with E-state index in [2.05, 4.69) is 20.6 Å². The average molecular weight is 453 g/mol. The van der Waals surface area contributed by atoms with Crippen molar-refractivity contribution in [3.63, 3.8) is 0 Å². The van der Waals surface area contributed by atoms with Crippen LogP contribution in [0.4, 0.5) is 18.9 Å². The summed E-state index contributed by atoms with van der Waals surface area (Å²) in [7, 11) is 0. The van der Waals surface area contributed by atoms with Gasteiger partial charge in [0.2, 0.25) is 11.8 Å². The van der Waals surface area contributed by atoms with E-state index in [1.54, 1.807) is 47.3 Å². The maximum Gasteiger partial charge on any atom is 0.416 e. The van der Waals surface area contributed by atoms with Gasteiger partial charge < -0.3 is 10.1 Å². The molecule has 2 aromatic heterocycles. The maximum absolute atomic E-state index is 12.6. The van der Waals surface area contributed by atoms with Crippen molar-refractivity contribution in [3.8, 4) is 17.4 Å². The number of rotatable bonds is 6. The van der Waals surface area contributed by atoms with E-state index in [0.29, 0.717) is 28.7 Å². The van der Waals surface area contributed by atoms with Gasteiger partial charge in [-0.25, -0.2) is 4.68 Å². The molecule has 33 heavy (non-hydrogen) atoms. The molecule has 1 amide bonds. The summed E-state index contributed by atoms with van der Waals surface area (Å²) in [5, 5.41) is 15.1. The highest BCUT2D eigenvalue weighted by Crippen LogP contribution is 2.29. The van der Waals surface area contributed by atoms with Gasteiger partial charge in [0, 0.05) is 18.0 Å². The largest absolute Gasteiger partial charge is 0.438 e. The van der Waals surface area contributed by atoms with E-state index in [-0.39, 0.29) is 12.3 Å². The monoisotopic (exact) mass is 453 g/mol. The van der Waals surface area contributed by atoms with Crippen molar-refractivity contribution in [2.75, 3.05) is 5.32 Å². The summed E-state index contributed by atoms with van der Waals surface area (Å²) in [6.45, 7) is 1.88. The number of amides is 1. The van der Waals surface area contributed by atoms with Crippen LogP contribution < -0.4 is 10.1 Å². The van der Waals surface area contributed by atoms with Gasteiger partial charge in [-0.2, -0.15) is 18.3 Å². The second-order valence-corrected chi connectivity index (χ2v) is 7.18. The summed E-state index contributed by atoms with van der Waals surface area (Å²) >= 11 is 0. The molecule has 0 spiro atoms. The Bertz CT molecular complexity index is 1240. The van der Waals surface area contributed by atoms with Crippen molar-refractivity contribution in [2.24, 2.45) is 0 Å². The van der Waals surface area contributed by atoms with Crippen molar-refractivity contribution in [1.29, 1.82) is 0 Å². The van der Waals surface area contributed by atoms with Gasteiger partial charge in [-0.1, -0.05) is 12.1 Å². The zero-order valence-corrected chi connectivity index (χ0v) is 17.4. The molecule has 0 aliphatic rings. The van der Waals surface area contributed by atoms with Crippen LogP contribution >= 0.6 is 0 Å². The highest BCUT2D eigenvalue weighted by Gasteiger charge is 2.29. The highest BCUT2D eigenvalue weighted by atomic mass is 19.4. The van der Waals surface area contributed by atoms with Gasteiger partial charge in [-0.05, 0) is 61.0 Å². The fourth-order valence-electron chi connectivity index (χ4n) is 2.96. The van der Waals surface area contributed by atoms with E-state index in [1.807, 2.05) is 13.0 Å². The number of alkyl halides is 3. The summed E-state index contributed by atoms with van der Waals surface area (Å²) in [5.74, 6) is 0.995. The predicted molar refractivity (Wildman–Crippen MR) is 114 cm³/mol. The van der Waals surface area contributed by atoms with Crippen molar-refractivity contribution < 1.29 is 22.7 Å². The van der Waals surface area contributed by atoms with E-state index in [9.17, 15) is 18.0 Å². The van der Waals surface area contributed by atoms with Crippen LogP contribution in [0.3, 0.4) is 0 Å². The Hall–Kier alpha value is -4.21. The topological polar surface area (TPSA) is 81.9 Å². The van der Waals surface area contributed by atoms with E-state index >= 15 is 0 Å². The zero-order valence-electron chi connectivity index (χ0n) is 17.4. The highest BCUT2D eigenvalue weighted by molar-refractivity contribution is 5.92. The number of halogens is 3. The second-order valence-electron chi connectivity index (χ2n) is 7.18. The molecule has 0 atom stereocenters. The van der Waals surface area contributed by atoms with E-state index < -0.39 is 11.7 Å². The van der Waals surface area contributed by atoms with Crippen LogP contribution in [0.2, 0.25) is 0 Å². The Kier molecular flexibility index (Phi) is 6.07. The number of carbonyl (C=O) groups excluding carboxylic acids is 1. The first kappa shape index (κ1) is 22.0. The number of aryl methyl sites for hydroxylation is 1. The molecule has 10 heteroatoms. The number of benzene rings is 2. The zero-order chi connectivity index (χ0) is 23.4. The molecule has 0 radical (unpaired) electrons. The molecular weight excluding hydrogens is 435 g/mol. The van der Waals surface area contributed by atoms with Crippen LogP contribution in [-0.2, 0) is 17.4 Å². The molecule has 2 heterocycles. The number of aromatic nitrogens is 4.